The fraction of sp³-hybridized carbons (Fsp3) is 0.250. The minimum absolute atomic E-state index is 0.0667. The molecule has 8 heteroatoms. The predicted molar refractivity (Wildman–Crippen MR) is 62.4 cm³/mol. The molecule has 0 aliphatic heterocycles. The molecular formula is C12H9F3N2O3. The second kappa shape index (κ2) is 4.95. The van der Waals surface area contributed by atoms with Gasteiger partial charge in [-0.05, 0) is 12.1 Å². The summed E-state index contributed by atoms with van der Waals surface area (Å²) in [6.07, 6.45) is -3.75. The molecule has 2 rings (SSSR count). The Morgan fingerprint density at radius 2 is 1.95 bits per heavy atom. The van der Waals surface area contributed by atoms with Crippen LogP contribution < -0.4 is 4.74 Å². The number of fused-ring (bicyclic) bond motifs is 1. The van der Waals surface area contributed by atoms with E-state index in [-0.39, 0.29) is 22.2 Å². The summed E-state index contributed by atoms with van der Waals surface area (Å²) in [6.45, 7) is 0. The van der Waals surface area contributed by atoms with Crippen molar-refractivity contribution in [1.29, 1.82) is 0 Å². The molecular weight excluding hydrogens is 277 g/mol. The van der Waals surface area contributed by atoms with Crippen molar-refractivity contribution in [2.45, 2.75) is 6.18 Å². The van der Waals surface area contributed by atoms with Crippen molar-refractivity contribution in [3.8, 4) is 5.75 Å². The summed E-state index contributed by atoms with van der Waals surface area (Å²) in [5.74, 6) is -1.88. The van der Waals surface area contributed by atoms with Gasteiger partial charge in [-0.1, -0.05) is 0 Å². The van der Waals surface area contributed by atoms with Crippen LogP contribution in [0.3, 0.4) is 0 Å². The van der Waals surface area contributed by atoms with Crippen LogP contribution in [-0.2, 0) is 10.9 Å². The van der Waals surface area contributed by atoms with Crippen LogP contribution in [-0.4, -0.2) is 30.2 Å². The Bertz CT molecular complexity index is 671. The Hall–Kier alpha value is -2.38. The Balaban J connectivity index is 2.76. The van der Waals surface area contributed by atoms with E-state index in [0.29, 0.717) is 0 Å². The van der Waals surface area contributed by atoms with Crippen molar-refractivity contribution in [3.05, 3.63) is 29.7 Å². The first-order valence-corrected chi connectivity index (χ1v) is 5.37. The van der Waals surface area contributed by atoms with E-state index in [1.54, 1.807) is 0 Å². The molecule has 0 saturated heterocycles. The highest BCUT2D eigenvalue weighted by molar-refractivity contribution is 6.04. The maximum atomic E-state index is 12.6. The first kappa shape index (κ1) is 14.0. The third-order valence-corrected chi connectivity index (χ3v) is 2.59. The van der Waals surface area contributed by atoms with Gasteiger partial charge in [0.2, 0.25) is 5.82 Å². The second-order valence-corrected chi connectivity index (χ2v) is 3.76. The average Bonchev–Trinajstić information content (AvgIpc) is 2.43. The van der Waals surface area contributed by atoms with E-state index in [4.69, 9.17) is 4.74 Å². The van der Waals surface area contributed by atoms with E-state index >= 15 is 0 Å². The largest absolute Gasteiger partial charge is 0.494 e. The molecule has 0 radical (unpaired) electrons. The number of hydrogen-bond donors (Lipinski definition) is 0. The minimum atomic E-state index is -4.68. The predicted octanol–water partition coefficient (Wildman–Crippen LogP) is 2.44. The van der Waals surface area contributed by atoms with E-state index in [0.717, 1.165) is 6.20 Å². The molecule has 0 amide bonds. The Kier molecular flexibility index (Phi) is 3.47. The normalized spacial score (nSPS) is 11.4. The maximum absolute atomic E-state index is 12.6. The van der Waals surface area contributed by atoms with Crippen molar-refractivity contribution in [1.82, 2.24) is 9.97 Å². The zero-order chi connectivity index (χ0) is 14.9. The summed E-state index contributed by atoms with van der Waals surface area (Å²) in [4.78, 5) is 18.2. The van der Waals surface area contributed by atoms with Crippen molar-refractivity contribution < 1.29 is 27.4 Å². The summed E-state index contributed by atoms with van der Waals surface area (Å²) < 4.78 is 47.4. The number of ether oxygens (including phenoxy) is 2. The SMILES string of the molecule is COC(=O)c1ccc(OC)c2nc(C(F)(F)F)ncc12. The average molecular weight is 286 g/mol. The molecule has 0 aliphatic rings. The molecule has 5 nitrogen and oxygen atoms in total. The van der Waals surface area contributed by atoms with E-state index < -0.39 is 18.0 Å². The van der Waals surface area contributed by atoms with Gasteiger partial charge in [-0.15, -0.1) is 0 Å². The van der Waals surface area contributed by atoms with E-state index in [1.807, 2.05) is 0 Å². The summed E-state index contributed by atoms with van der Waals surface area (Å²) in [5, 5.41) is 0.129. The van der Waals surface area contributed by atoms with Crippen molar-refractivity contribution >= 4 is 16.9 Å². The number of aromatic nitrogens is 2. The third kappa shape index (κ3) is 2.36. The van der Waals surface area contributed by atoms with Gasteiger partial charge < -0.3 is 9.47 Å². The molecule has 0 unspecified atom stereocenters. The van der Waals surface area contributed by atoms with Crippen molar-refractivity contribution in [3.63, 3.8) is 0 Å². The van der Waals surface area contributed by atoms with Gasteiger partial charge in [0.1, 0.15) is 11.3 Å². The number of benzene rings is 1. The Labute approximate surface area is 111 Å². The number of carbonyl (C=O) groups is 1. The quantitative estimate of drug-likeness (QED) is 0.793. The van der Waals surface area contributed by atoms with Crippen molar-refractivity contribution in [2.75, 3.05) is 14.2 Å². The number of carbonyl (C=O) groups excluding carboxylic acids is 1. The highest BCUT2D eigenvalue weighted by atomic mass is 19.4. The van der Waals surface area contributed by atoms with Gasteiger partial charge in [0, 0.05) is 11.6 Å². The topological polar surface area (TPSA) is 61.3 Å². The fourth-order valence-electron chi connectivity index (χ4n) is 1.68. The molecule has 106 valence electrons. The molecule has 1 aromatic heterocycles. The highest BCUT2D eigenvalue weighted by Gasteiger charge is 2.35. The van der Waals surface area contributed by atoms with Gasteiger partial charge in [-0.2, -0.15) is 13.2 Å². The number of nitrogens with zero attached hydrogens (tertiary/aromatic N) is 2. The van der Waals surface area contributed by atoms with Crippen LogP contribution in [0.2, 0.25) is 0 Å². The summed E-state index contributed by atoms with van der Waals surface area (Å²) >= 11 is 0. The standard InChI is InChI=1S/C12H9F3N2O3/c1-19-8-4-3-6(10(18)20-2)7-5-16-11(12(13,14)15)17-9(7)8/h3-5H,1-2H3. The molecule has 0 saturated carbocycles. The van der Waals surface area contributed by atoms with Gasteiger partial charge in [-0.3, -0.25) is 0 Å². The van der Waals surface area contributed by atoms with Crippen LogP contribution in [0.4, 0.5) is 13.2 Å². The van der Waals surface area contributed by atoms with Crippen molar-refractivity contribution in [2.24, 2.45) is 0 Å². The lowest BCUT2D eigenvalue weighted by Crippen LogP contribution is -2.12. The van der Waals surface area contributed by atoms with Gasteiger partial charge in [0.25, 0.3) is 0 Å². The summed E-state index contributed by atoms with van der Waals surface area (Å²) in [6, 6.07) is 2.73. The Morgan fingerprint density at radius 3 is 2.50 bits per heavy atom. The first-order valence-electron chi connectivity index (χ1n) is 5.37. The molecule has 1 heterocycles. The molecule has 20 heavy (non-hydrogen) atoms. The number of rotatable bonds is 2. The van der Waals surface area contributed by atoms with Crippen LogP contribution in [0.1, 0.15) is 16.2 Å². The lowest BCUT2D eigenvalue weighted by molar-refractivity contribution is -0.144. The molecule has 0 N–H and O–H groups in total. The maximum Gasteiger partial charge on any atom is 0.451 e. The summed E-state index contributed by atoms with van der Waals surface area (Å²) in [7, 11) is 2.46. The smallest absolute Gasteiger partial charge is 0.451 e. The zero-order valence-electron chi connectivity index (χ0n) is 10.5. The van der Waals surface area contributed by atoms with Gasteiger partial charge in [0.05, 0.1) is 19.8 Å². The molecule has 0 spiro atoms. The minimum Gasteiger partial charge on any atom is -0.494 e. The number of methoxy groups -OCH3 is 2. The van der Waals surface area contributed by atoms with Crippen LogP contribution in [0.15, 0.2) is 18.3 Å². The third-order valence-electron chi connectivity index (χ3n) is 2.59. The van der Waals surface area contributed by atoms with Crippen LogP contribution in [0.25, 0.3) is 10.9 Å². The number of alkyl halides is 3. The molecule has 0 fully saturated rings. The number of hydrogen-bond acceptors (Lipinski definition) is 5. The molecule has 1 aromatic carbocycles. The second-order valence-electron chi connectivity index (χ2n) is 3.76. The van der Waals surface area contributed by atoms with Gasteiger partial charge in [0.15, 0.2) is 0 Å². The van der Waals surface area contributed by atoms with E-state index in [1.165, 1.54) is 26.4 Å². The Morgan fingerprint density at radius 1 is 1.25 bits per heavy atom. The van der Waals surface area contributed by atoms with E-state index in [2.05, 4.69) is 14.7 Å². The lowest BCUT2D eigenvalue weighted by atomic mass is 10.1. The highest BCUT2D eigenvalue weighted by Crippen LogP contribution is 2.31. The first-order chi connectivity index (χ1) is 9.38. The molecule has 0 atom stereocenters. The van der Waals surface area contributed by atoms with E-state index in [9.17, 15) is 18.0 Å². The van der Waals surface area contributed by atoms with Gasteiger partial charge >= 0.3 is 12.1 Å². The molecule has 0 aliphatic carbocycles. The van der Waals surface area contributed by atoms with Crippen LogP contribution in [0.5, 0.6) is 5.75 Å². The zero-order valence-corrected chi connectivity index (χ0v) is 10.5. The van der Waals surface area contributed by atoms with Crippen LogP contribution in [0, 0.1) is 0 Å². The van der Waals surface area contributed by atoms with Gasteiger partial charge in [-0.25, -0.2) is 14.8 Å². The summed E-state index contributed by atoms with van der Waals surface area (Å²) in [5.41, 5.74) is -0.0326. The molecule has 0 bridgehead atoms. The number of esters is 1. The lowest BCUT2D eigenvalue weighted by Gasteiger charge is -2.10. The molecule has 2 aromatic rings. The van der Waals surface area contributed by atoms with Crippen LogP contribution >= 0.6 is 0 Å². The fourth-order valence-corrected chi connectivity index (χ4v) is 1.68. The number of halogens is 3. The monoisotopic (exact) mass is 286 g/mol.